The molecule has 0 bridgehead atoms. The summed E-state index contributed by atoms with van der Waals surface area (Å²) in [7, 11) is 0. The molecule has 40 heavy (non-hydrogen) atoms. The second-order valence-electron chi connectivity index (χ2n) is 10.2. The van der Waals surface area contributed by atoms with E-state index in [0.29, 0.717) is 11.7 Å². The highest BCUT2D eigenvalue weighted by Gasteiger charge is 2.21. The van der Waals surface area contributed by atoms with Gasteiger partial charge in [-0.25, -0.2) is 15.0 Å². The van der Waals surface area contributed by atoms with Crippen LogP contribution in [0.3, 0.4) is 0 Å². The number of nitriles is 1. The first-order chi connectivity index (χ1) is 19.6. The maximum absolute atomic E-state index is 9.91. The number of nitrogens with one attached hydrogen (secondary N) is 2. The molecular formula is C32H36N8. The third-order valence-electron chi connectivity index (χ3n) is 7.75. The molecule has 1 fully saturated rings. The first-order valence-corrected chi connectivity index (χ1v) is 13.9. The summed E-state index contributed by atoms with van der Waals surface area (Å²) in [4.78, 5) is 15.3. The molecule has 0 radical (unpaired) electrons. The molecule has 0 unspecified atom stereocenters. The minimum Gasteiger partial charge on any atom is -0.367 e. The molecule has 1 aromatic carbocycles. The van der Waals surface area contributed by atoms with E-state index in [0.717, 1.165) is 79.2 Å². The van der Waals surface area contributed by atoms with Crippen LogP contribution >= 0.6 is 0 Å². The molecule has 204 valence electrons. The molecule has 8 heteroatoms. The van der Waals surface area contributed by atoms with E-state index in [4.69, 9.17) is 0 Å². The van der Waals surface area contributed by atoms with E-state index in [1.807, 2.05) is 37.4 Å². The zero-order valence-electron chi connectivity index (χ0n) is 23.3. The van der Waals surface area contributed by atoms with Crippen LogP contribution in [-0.2, 0) is 19.5 Å². The predicted molar refractivity (Wildman–Crippen MR) is 161 cm³/mol. The molecule has 1 aliphatic heterocycles. The van der Waals surface area contributed by atoms with Gasteiger partial charge in [0.15, 0.2) is 0 Å². The Balaban J connectivity index is 1.23. The van der Waals surface area contributed by atoms with Crippen molar-refractivity contribution in [1.82, 2.24) is 24.4 Å². The fraction of sp³-hybridized carbons (Fsp3) is 0.312. The van der Waals surface area contributed by atoms with Gasteiger partial charge in [0.05, 0.1) is 0 Å². The normalized spacial score (nSPS) is 14.7. The van der Waals surface area contributed by atoms with Gasteiger partial charge < -0.3 is 15.2 Å². The van der Waals surface area contributed by atoms with Gasteiger partial charge in [0.2, 0.25) is 0 Å². The maximum Gasteiger partial charge on any atom is 0.130 e. The monoisotopic (exact) mass is 532 g/mol. The van der Waals surface area contributed by atoms with Gasteiger partial charge in [-0.15, -0.1) is 0 Å². The molecule has 0 saturated carbocycles. The summed E-state index contributed by atoms with van der Waals surface area (Å²) >= 11 is 0. The number of aryl methyl sites for hydroxylation is 3. The molecule has 1 aliphatic rings. The average Bonchev–Trinajstić information content (AvgIpc) is 3.36. The second-order valence-corrected chi connectivity index (χ2v) is 10.2. The van der Waals surface area contributed by atoms with Gasteiger partial charge in [0.25, 0.3) is 0 Å². The molecule has 2 N–H and O–H groups in total. The van der Waals surface area contributed by atoms with Gasteiger partial charge in [0.1, 0.15) is 29.7 Å². The number of hydrogen-bond donors (Lipinski definition) is 2. The van der Waals surface area contributed by atoms with E-state index in [2.05, 4.69) is 72.8 Å². The fourth-order valence-corrected chi connectivity index (χ4v) is 5.36. The summed E-state index contributed by atoms with van der Waals surface area (Å²) in [6.07, 6.45) is 11.9. The SMILES string of the molecule is C=C/C(=C\C)Nc1ccc(CCn2c(C#N)cc3c(C)c(CN4CCC(Nc5ccncn5)CC4)ccc32)cn1. The number of pyridine rings is 1. The molecule has 4 heterocycles. The van der Waals surface area contributed by atoms with Crippen LogP contribution in [0.2, 0.25) is 0 Å². The van der Waals surface area contributed by atoms with Crippen molar-refractivity contribution in [3.8, 4) is 6.07 Å². The fourth-order valence-electron chi connectivity index (χ4n) is 5.36. The van der Waals surface area contributed by atoms with Gasteiger partial charge in [-0.05, 0) is 80.1 Å². The van der Waals surface area contributed by atoms with Crippen molar-refractivity contribution in [1.29, 1.82) is 5.26 Å². The van der Waals surface area contributed by atoms with Gasteiger partial charge >= 0.3 is 0 Å². The minimum atomic E-state index is 0.433. The Hall–Kier alpha value is -4.48. The van der Waals surface area contributed by atoms with E-state index < -0.39 is 0 Å². The zero-order valence-corrected chi connectivity index (χ0v) is 23.3. The van der Waals surface area contributed by atoms with Gasteiger partial charge in [-0.1, -0.05) is 24.8 Å². The molecule has 4 aromatic rings. The smallest absolute Gasteiger partial charge is 0.130 e. The van der Waals surface area contributed by atoms with E-state index >= 15 is 0 Å². The van der Waals surface area contributed by atoms with Crippen molar-refractivity contribution >= 4 is 22.5 Å². The Labute approximate surface area is 236 Å². The summed E-state index contributed by atoms with van der Waals surface area (Å²) in [6.45, 7) is 11.7. The van der Waals surface area contributed by atoms with Crippen LogP contribution < -0.4 is 10.6 Å². The van der Waals surface area contributed by atoms with Crippen LogP contribution in [0.4, 0.5) is 11.6 Å². The average molecular weight is 533 g/mol. The van der Waals surface area contributed by atoms with Crippen LogP contribution in [0.25, 0.3) is 10.9 Å². The lowest BCUT2D eigenvalue weighted by Gasteiger charge is -2.33. The van der Waals surface area contributed by atoms with E-state index in [1.165, 1.54) is 11.1 Å². The summed E-state index contributed by atoms with van der Waals surface area (Å²) in [5, 5.41) is 17.8. The number of nitrogens with zero attached hydrogens (tertiary/aromatic N) is 6. The van der Waals surface area contributed by atoms with Crippen molar-refractivity contribution in [3.63, 3.8) is 0 Å². The number of hydrogen-bond acceptors (Lipinski definition) is 7. The van der Waals surface area contributed by atoms with Crippen LogP contribution in [0.15, 0.2) is 79.5 Å². The van der Waals surface area contributed by atoms with Gasteiger partial charge in [-0.3, -0.25) is 4.90 Å². The number of benzene rings is 1. The first-order valence-electron chi connectivity index (χ1n) is 13.9. The van der Waals surface area contributed by atoms with Crippen molar-refractivity contribution in [2.24, 2.45) is 0 Å². The highest BCUT2D eigenvalue weighted by molar-refractivity contribution is 5.86. The number of piperidine rings is 1. The summed E-state index contributed by atoms with van der Waals surface area (Å²) in [5.74, 6) is 1.68. The number of likely N-dealkylation sites (tertiary alicyclic amines) is 1. The number of aromatic nitrogens is 4. The van der Waals surface area contributed by atoms with Crippen LogP contribution in [0, 0.1) is 18.3 Å². The topological polar surface area (TPSA) is 94.7 Å². The predicted octanol–water partition coefficient (Wildman–Crippen LogP) is 5.83. The molecular weight excluding hydrogens is 496 g/mol. The van der Waals surface area contributed by atoms with Gasteiger partial charge in [-0.2, -0.15) is 5.26 Å². The highest BCUT2D eigenvalue weighted by Crippen LogP contribution is 2.28. The summed E-state index contributed by atoms with van der Waals surface area (Å²) in [5.41, 5.74) is 6.44. The van der Waals surface area contributed by atoms with Gasteiger partial charge in [0, 0.05) is 61.2 Å². The second kappa shape index (κ2) is 12.6. The number of rotatable bonds is 10. The van der Waals surface area contributed by atoms with Crippen molar-refractivity contribution < 1.29 is 0 Å². The van der Waals surface area contributed by atoms with E-state index in [1.54, 1.807) is 18.6 Å². The molecule has 0 atom stereocenters. The van der Waals surface area contributed by atoms with Crippen molar-refractivity contribution in [2.45, 2.75) is 52.2 Å². The Morgan fingerprint density at radius 3 is 2.67 bits per heavy atom. The standard InChI is InChI=1S/C32H36N8/c1-4-26(5-2)37-31-9-6-24(20-35-31)11-17-40-28(19-33)18-29-23(3)25(7-8-30(29)40)21-39-15-12-27(13-16-39)38-32-10-14-34-22-36-32/h4-10,14,18,20,22,27H,1,11-13,15-17,21H2,2-3H3,(H,35,37)(H,34,36,38)/b26-5+. The maximum atomic E-state index is 9.91. The Bertz CT molecular complexity index is 1520. The van der Waals surface area contributed by atoms with Crippen molar-refractivity contribution in [2.75, 3.05) is 23.7 Å². The lowest BCUT2D eigenvalue weighted by Crippen LogP contribution is -2.38. The zero-order chi connectivity index (χ0) is 27.9. The highest BCUT2D eigenvalue weighted by atomic mass is 15.1. The molecule has 8 nitrogen and oxygen atoms in total. The van der Waals surface area contributed by atoms with Crippen LogP contribution in [0.1, 0.15) is 42.1 Å². The van der Waals surface area contributed by atoms with E-state index in [9.17, 15) is 5.26 Å². The lowest BCUT2D eigenvalue weighted by molar-refractivity contribution is 0.211. The van der Waals surface area contributed by atoms with Crippen LogP contribution in [-0.4, -0.2) is 43.6 Å². The van der Waals surface area contributed by atoms with Crippen molar-refractivity contribution in [3.05, 3.63) is 102 Å². The Kier molecular flexibility index (Phi) is 8.53. The number of fused-ring (bicyclic) bond motifs is 1. The lowest BCUT2D eigenvalue weighted by atomic mass is 10.0. The summed E-state index contributed by atoms with van der Waals surface area (Å²) in [6, 6.07) is 15.3. The quantitative estimate of drug-likeness (QED) is 0.248. The number of allylic oxidation sites excluding steroid dienone is 2. The molecule has 0 aliphatic carbocycles. The Morgan fingerprint density at radius 2 is 2.00 bits per heavy atom. The first kappa shape index (κ1) is 27.1. The molecule has 3 aromatic heterocycles. The largest absolute Gasteiger partial charge is 0.367 e. The van der Waals surface area contributed by atoms with E-state index in [-0.39, 0.29) is 0 Å². The Morgan fingerprint density at radius 1 is 1.15 bits per heavy atom. The number of anilines is 2. The third-order valence-corrected chi connectivity index (χ3v) is 7.75. The van der Waals surface area contributed by atoms with Crippen LogP contribution in [0.5, 0.6) is 0 Å². The molecule has 0 spiro atoms. The molecule has 5 rings (SSSR count). The molecule has 0 amide bonds. The minimum absolute atomic E-state index is 0.433. The summed E-state index contributed by atoms with van der Waals surface area (Å²) < 4.78 is 2.14. The molecule has 1 saturated heterocycles. The third kappa shape index (κ3) is 6.22.